The Morgan fingerprint density at radius 1 is 1.00 bits per heavy atom. The zero-order valence-electron chi connectivity index (χ0n) is 9.59. The van der Waals surface area contributed by atoms with Crippen molar-refractivity contribution >= 4 is 0 Å². The average Bonchev–Trinajstić information content (AvgIpc) is 1.98. The maximum absolute atomic E-state index is 2.46. The van der Waals surface area contributed by atoms with E-state index in [9.17, 15) is 0 Å². The minimum Gasteiger partial charge on any atom is -0.303 e. The van der Waals surface area contributed by atoms with Gasteiger partial charge in [-0.2, -0.15) is 0 Å². The molecule has 1 unspecified atom stereocenters. The monoisotopic (exact) mass is 171 g/mol. The lowest BCUT2D eigenvalue weighted by Gasteiger charge is -2.28. The summed E-state index contributed by atoms with van der Waals surface area (Å²) in [6, 6.07) is 0.712. The van der Waals surface area contributed by atoms with Crippen LogP contribution < -0.4 is 0 Å². The highest BCUT2D eigenvalue weighted by molar-refractivity contribution is 4.66. The summed E-state index contributed by atoms with van der Waals surface area (Å²) in [6.07, 6.45) is 1.31. The Balaban J connectivity index is 3.64. The van der Waals surface area contributed by atoms with Crippen molar-refractivity contribution in [1.29, 1.82) is 0 Å². The molecule has 0 bridgehead atoms. The van der Waals surface area contributed by atoms with Crippen molar-refractivity contribution < 1.29 is 0 Å². The molecule has 0 aromatic carbocycles. The van der Waals surface area contributed by atoms with E-state index < -0.39 is 0 Å². The molecule has 1 heteroatoms. The van der Waals surface area contributed by atoms with Crippen LogP contribution in [0.25, 0.3) is 0 Å². The lowest BCUT2D eigenvalue weighted by molar-refractivity contribution is 0.198. The van der Waals surface area contributed by atoms with Crippen molar-refractivity contribution in [3.63, 3.8) is 0 Å². The summed E-state index contributed by atoms with van der Waals surface area (Å²) >= 11 is 0. The van der Waals surface area contributed by atoms with Crippen LogP contribution in [-0.2, 0) is 0 Å². The molecule has 0 spiro atoms. The molecule has 0 rings (SSSR count). The molecule has 0 N–H and O–H groups in total. The molecule has 1 atom stereocenters. The topological polar surface area (TPSA) is 3.24 Å². The van der Waals surface area contributed by atoms with Gasteiger partial charge in [-0.3, -0.25) is 0 Å². The first kappa shape index (κ1) is 12.0. The molecule has 0 amide bonds. The summed E-state index contributed by atoms with van der Waals surface area (Å²) in [5.74, 6) is 1.59. The van der Waals surface area contributed by atoms with Gasteiger partial charge in [0.05, 0.1) is 0 Å². The maximum Gasteiger partial charge on any atom is 0.00868 e. The van der Waals surface area contributed by atoms with E-state index in [1.165, 1.54) is 13.0 Å². The van der Waals surface area contributed by atoms with E-state index in [0.717, 1.165) is 11.8 Å². The summed E-state index contributed by atoms with van der Waals surface area (Å²) < 4.78 is 0. The van der Waals surface area contributed by atoms with Crippen molar-refractivity contribution in [2.24, 2.45) is 11.8 Å². The normalized spacial score (nSPS) is 14.8. The standard InChI is InChI=1S/C11H25N/c1-9(2)7-8-12(6)11(5)10(3)4/h9-11H,7-8H2,1-6H3. The Bertz CT molecular complexity index is 108. The third kappa shape index (κ3) is 4.76. The summed E-state index contributed by atoms with van der Waals surface area (Å²) in [6.45, 7) is 12.7. The van der Waals surface area contributed by atoms with Crippen molar-refractivity contribution in [2.45, 2.75) is 47.1 Å². The predicted octanol–water partition coefficient (Wildman–Crippen LogP) is 3.01. The Hall–Kier alpha value is -0.0400. The number of rotatable bonds is 5. The Morgan fingerprint density at radius 2 is 1.50 bits per heavy atom. The van der Waals surface area contributed by atoms with Gasteiger partial charge in [-0.1, -0.05) is 27.7 Å². The fourth-order valence-electron chi connectivity index (χ4n) is 1.17. The van der Waals surface area contributed by atoms with Gasteiger partial charge in [0.25, 0.3) is 0 Å². The molecular weight excluding hydrogens is 146 g/mol. The van der Waals surface area contributed by atoms with Crippen LogP contribution >= 0.6 is 0 Å². The largest absolute Gasteiger partial charge is 0.303 e. The van der Waals surface area contributed by atoms with E-state index in [0.29, 0.717) is 6.04 Å². The van der Waals surface area contributed by atoms with Crippen LogP contribution in [0.5, 0.6) is 0 Å². The second-order valence-corrected chi connectivity index (χ2v) is 4.65. The lowest BCUT2D eigenvalue weighted by Crippen LogP contribution is -2.34. The Morgan fingerprint density at radius 3 is 1.83 bits per heavy atom. The van der Waals surface area contributed by atoms with Crippen molar-refractivity contribution in [3.8, 4) is 0 Å². The minimum atomic E-state index is 0.712. The smallest absolute Gasteiger partial charge is 0.00868 e. The molecule has 12 heavy (non-hydrogen) atoms. The molecule has 0 saturated carbocycles. The predicted molar refractivity (Wildman–Crippen MR) is 56.4 cm³/mol. The first-order valence-corrected chi connectivity index (χ1v) is 5.15. The van der Waals surface area contributed by atoms with Crippen LogP contribution in [-0.4, -0.2) is 24.5 Å². The van der Waals surface area contributed by atoms with E-state index >= 15 is 0 Å². The van der Waals surface area contributed by atoms with Crippen molar-refractivity contribution in [1.82, 2.24) is 4.90 Å². The number of nitrogens with zero attached hydrogens (tertiary/aromatic N) is 1. The van der Waals surface area contributed by atoms with Crippen LogP contribution in [0, 0.1) is 11.8 Å². The average molecular weight is 171 g/mol. The van der Waals surface area contributed by atoms with Gasteiger partial charge in [0.1, 0.15) is 0 Å². The Kier molecular flexibility index (Phi) is 5.56. The molecule has 1 nitrogen and oxygen atoms in total. The van der Waals surface area contributed by atoms with E-state index in [4.69, 9.17) is 0 Å². The Labute approximate surface area is 78.1 Å². The van der Waals surface area contributed by atoms with Gasteiger partial charge < -0.3 is 4.90 Å². The molecule has 74 valence electrons. The van der Waals surface area contributed by atoms with Gasteiger partial charge in [-0.15, -0.1) is 0 Å². The van der Waals surface area contributed by atoms with Crippen LogP contribution in [0.3, 0.4) is 0 Å². The molecule has 0 aliphatic carbocycles. The summed E-state index contributed by atoms with van der Waals surface area (Å²) in [5.41, 5.74) is 0. The van der Waals surface area contributed by atoms with Crippen LogP contribution in [0.2, 0.25) is 0 Å². The highest BCUT2D eigenvalue weighted by Gasteiger charge is 2.12. The van der Waals surface area contributed by atoms with Crippen LogP contribution in [0.1, 0.15) is 41.0 Å². The lowest BCUT2D eigenvalue weighted by atomic mass is 10.0. The van der Waals surface area contributed by atoms with Gasteiger partial charge in [0.15, 0.2) is 0 Å². The molecule has 0 radical (unpaired) electrons. The van der Waals surface area contributed by atoms with Crippen LogP contribution in [0.15, 0.2) is 0 Å². The zero-order chi connectivity index (χ0) is 9.72. The highest BCUT2D eigenvalue weighted by atomic mass is 15.1. The molecule has 0 fully saturated rings. The summed E-state index contributed by atoms with van der Waals surface area (Å²) in [5, 5.41) is 0. The first-order valence-electron chi connectivity index (χ1n) is 5.15. The van der Waals surface area contributed by atoms with Gasteiger partial charge >= 0.3 is 0 Å². The second kappa shape index (κ2) is 5.58. The molecule has 0 aromatic heterocycles. The van der Waals surface area contributed by atoms with Gasteiger partial charge in [-0.05, 0) is 38.8 Å². The summed E-state index contributed by atoms with van der Waals surface area (Å²) in [7, 11) is 2.23. The first-order chi connectivity index (χ1) is 5.45. The quantitative estimate of drug-likeness (QED) is 0.614. The van der Waals surface area contributed by atoms with Crippen molar-refractivity contribution in [2.75, 3.05) is 13.6 Å². The summed E-state index contributed by atoms with van der Waals surface area (Å²) in [4.78, 5) is 2.46. The maximum atomic E-state index is 2.46. The fraction of sp³-hybridized carbons (Fsp3) is 1.00. The molecule has 0 aliphatic heterocycles. The number of hydrogen-bond acceptors (Lipinski definition) is 1. The third-order valence-electron chi connectivity index (χ3n) is 2.72. The zero-order valence-corrected chi connectivity index (χ0v) is 9.59. The van der Waals surface area contributed by atoms with Gasteiger partial charge in [0, 0.05) is 6.04 Å². The third-order valence-corrected chi connectivity index (χ3v) is 2.72. The second-order valence-electron chi connectivity index (χ2n) is 4.65. The fourth-order valence-corrected chi connectivity index (χ4v) is 1.17. The SMILES string of the molecule is CC(C)CCN(C)C(C)C(C)C. The van der Waals surface area contributed by atoms with E-state index in [-0.39, 0.29) is 0 Å². The van der Waals surface area contributed by atoms with Gasteiger partial charge in [0.2, 0.25) is 0 Å². The van der Waals surface area contributed by atoms with Crippen LogP contribution in [0.4, 0.5) is 0 Å². The van der Waals surface area contributed by atoms with E-state index in [1.54, 1.807) is 0 Å². The highest BCUT2D eigenvalue weighted by Crippen LogP contribution is 2.10. The van der Waals surface area contributed by atoms with Crippen molar-refractivity contribution in [3.05, 3.63) is 0 Å². The molecular formula is C11H25N. The molecule has 0 aromatic rings. The molecule has 0 aliphatic rings. The van der Waals surface area contributed by atoms with E-state index in [2.05, 4.69) is 46.6 Å². The molecule has 0 saturated heterocycles. The van der Waals surface area contributed by atoms with E-state index in [1.807, 2.05) is 0 Å². The minimum absolute atomic E-state index is 0.712. The van der Waals surface area contributed by atoms with Gasteiger partial charge in [-0.25, -0.2) is 0 Å². The molecule has 0 heterocycles. The number of hydrogen-bond donors (Lipinski definition) is 0.